The number of ether oxygens (including phenoxy) is 1. The normalized spacial score (nSPS) is 16.1. The number of aliphatic imine (C=N–C) groups is 1. The van der Waals surface area contributed by atoms with E-state index >= 15 is 0 Å². The van der Waals surface area contributed by atoms with Crippen molar-refractivity contribution in [1.82, 2.24) is 9.47 Å². The number of hydrogen-bond acceptors (Lipinski definition) is 4. The van der Waals surface area contributed by atoms with Crippen molar-refractivity contribution >= 4 is 51.3 Å². The highest BCUT2D eigenvalue weighted by atomic mass is 32.2. The maximum atomic E-state index is 13.0. The molecule has 4 aromatic rings. The largest absolute Gasteiger partial charge is 0.494 e. The molecule has 38 heavy (non-hydrogen) atoms. The second-order valence-corrected chi connectivity index (χ2v) is 10.1. The third kappa shape index (κ3) is 4.57. The molecular formula is C31H26N4O2S. The van der Waals surface area contributed by atoms with Crippen LogP contribution < -0.4 is 4.74 Å². The number of nitrogens with zero attached hydrogens (tertiary/aromatic N) is 3. The van der Waals surface area contributed by atoms with Crippen LogP contribution in [0, 0.1) is 12.3 Å². The zero-order valence-corrected chi connectivity index (χ0v) is 21.7. The van der Waals surface area contributed by atoms with Crippen LogP contribution in [-0.2, 0) is 11.3 Å². The maximum absolute atomic E-state index is 13.0. The van der Waals surface area contributed by atoms with Crippen molar-refractivity contribution in [2.45, 2.75) is 19.9 Å². The van der Waals surface area contributed by atoms with Gasteiger partial charge in [0.05, 0.1) is 17.9 Å². The van der Waals surface area contributed by atoms with Crippen molar-refractivity contribution in [2.24, 2.45) is 4.99 Å². The van der Waals surface area contributed by atoms with Crippen LogP contribution in [0.15, 0.2) is 101 Å². The minimum atomic E-state index is -0.389. The third-order valence-corrected chi connectivity index (χ3v) is 7.46. The number of aryl methyl sites for hydroxylation is 2. The molecule has 1 N–H and O–H groups in total. The van der Waals surface area contributed by atoms with E-state index < -0.39 is 0 Å². The number of thioether (sulfide) groups is 1. The SMILES string of the molecule is Cc1ccc(OCCCn2cc(/C=C3\C(=N)N4C(c5ccccc5)=CSC4=NC3=O)c3ccccc32)cc1. The number of nitrogens with one attached hydrogen (secondary N) is 1. The van der Waals surface area contributed by atoms with Gasteiger partial charge in [-0.2, -0.15) is 4.99 Å². The summed E-state index contributed by atoms with van der Waals surface area (Å²) in [6, 6.07) is 26.1. The van der Waals surface area contributed by atoms with Crippen LogP contribution in [-0.4, -0.2) is 33.0 Å². The van der Waals surface area contributed by atoms with Crippen LogP contribution in [0.5, 0.6) is 5.75 Å². The first-order chi connectivity index (χ1) is 18.6. The molecular weight excluding hydrogens is 492 g/mol. The lowest BCUT2D eigenvalue weighted by Gasteiger charge is -2.26. The lowest BCUT2D eigenvalue weighted by molar-refractivity contribution is -0.114. The van der Waals surface area contributed by atoms with Gasteiger partial charge in [0.15, 0.2) is 5.17 Å². The summed E-state index contributed by atoms with van der Waals surface area (Å²) in [6.07, 6.45) is 4.69. The number of rotatable bonds is 7. The number of hydrogen-bond donors (Lipinski definition) is 1. The molecule has 3 aromatic carbocycles. The summed E-state index contributed by atoms with van der Waals surface area (Å²) in [5.41, 5.74) is 5.30. The summed E-state index contributed by atoms with van der Waals surface area (Å²) in [7, 11) is 0. The first-order valence-corrected chi connectivity index (χ1v) is 13.4. The number of amides is 1. The summed E-state index contributed by atoms with van der Waals surface area (Å²) in [5, 5.41) is 12.5. The van der Waals surface area contributed by atoms with Crippen LogP contribution in [0.25, 0.3) is 22.7 Å². The first kappa shape index (κ1) is 24.0. The molecule has 6 nitrogen and oxygen atoms in total. The average Bonchev–Trinajstić information content (AvgIpc) is 3.52. The fraction of sp³-hybridized carbons (Fsp3) is 0.129. The monoisotopic (exact) mass is 518 g/mol. The quantitative estimate of drug-likeness (QED) is 0.218. The van der Waals surface area contributed by atoms with E-state index in [1.54, 1.807) is 11.0 Å². The lowest BCUT2D eigenvalue weighted by Crippen LogP contribution is -2.37. The summed E-state index contributed by atoms with van der Waals surface area (Å²) in [4.78, 5) is 19.1. The number of carbonyl (C=O) groups excluding carboxylic acids is 1. The highest BCUT2D eigenvalue weighted by Crippen LogP contribution is 2.37. The molecule has 0 saturated heterocycles. The van der Waals surface area contributed by atoms with Crippen molar-refractivity contribution in [3.05, 3.63) is 113 Å². The molecule has 0 atom stereocenters. The minimum Gasteiger partial charge on any atom is -0.494 e. The number of aromatic nitrogens is 1. The molecule has 1 aromatic heterocycles. The van der Waals surface area contributed by atoms with Gasteiger partial charge in [0.25, 0.3) is 5.91 Å². The van der Waals surface area contributed by atoms with Crippen molar-refractivity contribution in [3.63, 3.8) is 0 Å². The van der Waals surface area contributed by atoms with E-state index in [1.807, 2.05) is 78.2 Å². The zero-order valence-electron chi connectivity index (χ0n) is 20.9. The second kappa shape index (κ2) is 10.2. The van der Waals surface area contributed by atoms with Crippen molar-refractivity contribution < 1.29 is 9.53 Å². The predicted octanol–water partition coefficient (Wildman–Crippen LogP) is 6.72. The van der Waals surface area contributed by atoms with Gasteiger partial charge in [-0.3, -0.25) is 15.1 Å². The number of fused-ring (bicyclic) bond motifs is 2. The molecule has 0 unspecified atom stereocenters. The van der Waals surface area contributed by atoms with Gasteiger partial charge in [-0.15, -0.1) is 0 Å². The van der Waals surface area contributed by atoms with Gasteiger partial charge in [-0.05, 0) is 43.2 Å². The Kier molecular flexibility index (Phi) is 6.43. The Morgan fingerprint density at radius 3 is 2.58 bits per heavy atom. The Morgan fingerprint density at radius 2 is 1.76 bits per heavy atom. The van der Waals surface area contributed by atoms with Crippen molar-refractivity contribution in [2.75, 3.05) is 6.61 Å². The highest BCUT2D eigenvalue weighted by molar-refractivity contribution is 8.17. The molecule has 7 heteroatoms. The Labute approximate surface area is 225 Å². The Bertz CT molecular complexity index is 1630. The fourth-order valence-corrected chi connectivity index (χ4v) is 5.59. The molecule has 0 saturated carbocycles. The topological polar surface area (TPSA) is 70.7 Å². The van der Waals surface area contributed by atoms with Gasteiger partial charge >= 0.3 is 0 Å². The average molecular weight is 519 g/mol. The Balaban J connectivity index is 1.25. The molecule has 0 spiro atoms. The third-order valence-electron chi connectivity index (χ3n) is 6.64. The number of carbonyl (C=O) groups is 1. The molecule has 0 aliphatic carbocycles. The molecule has 0 bridgehead atoms. The molecule has 0 fully saturated rings. The molecule has 6 rings (SSSR count). The summed E-state index contributed by atoms with van der Waals surface area (Å²) >= 11 is 1.37. The van der Waals surface area contributed by atoms with Gasteiger partial charge < -0.3 is 9.30 Å². The minimum absolute atomic E-state index is 0.142. The first-order valence-electron chi connectivity index (χ1n) is 12.5. The number of amidine groups is 2. The van der Waals surface area contributed by atoms with E-state index in [4.69, 9.17) is 10.1 Å². The van der Waals surface area contributed by atoms with Crippen LogP contribution in [0.1, 0.15) is 23.1 Å². The van der Waals surface area contributed by atoms with E-state index in [0.717, 1.165) is 46.4 Å². The smallest absolute Gasteiger partial charge is 0.283 e. The van der Waals surface area contributed by atoms with Crippen LogP contribution in [0.2, 0.25) is 0 Å². The zero-order chi connectivity index (χ0) is 26.1. The Hall–Kier alpha value is -4.36. The van der Waals surface area contributed by atoms with Crippen LogP contribution in [0.4, 0.5) is 0 Å². The fourth-order valence-electron chi connectivity index (χ4n) is 4.70. The van der Waals surface area contributed by atoms with E-state index in [2.05, 4.69) is 28.7 Å². The summed E-state index contributed by atoms with van der Waals surface area (Å²) in [6.45, 7) is 3.44. The van der Waals surface area contributed by atoms with Crippen LogP contribution >= 0.6 is 11.8 Å². The molecule has 0 radical (unpaired) electrons. The standard InChI is InChI=1S/C31H26N4O2S/c1-21-12-14-24(15-13-21)37-17-7-16-34-19-23(25-10-5-6-11-27(25)34)18-26-29(32)35-28(22-8-3-2-4-9-22)20-38-31(35)33-30(26)36/h2-6,8-15,18-20,32H,7,16-17H2,1H3/b26-18+,32-29?. The molecule has 3 heterocycles. The van der Waals surface area contributed by atoms with Gasteiger partial charge in [-0.1, -0.05) is 78.0 Å². The van der Waals surface area contributed by atoms with Crippen molar-refractivity contribution in [3.8, 4) is 5.75 Å². The lowest BCUT2D eigenvalue weighted by atomic mass is 10.1. The molecule has 188 valence electrons. The second-order valence-electron chi connectivity index (χ2n) is 9.24. The van der Waals surface area contributed by atoms with Gasteiger partial charge in [-0.25, -0.2) is 0 Å². The van der Waals surface area contributed by atoms with Crippen LogP contribution in [0.3, 0.4) is 0 Å². The summed E-state index contributed by atoms with van der Waals surface area (Å²) in [5.74, 6) is 0.625. The van der Waals surface area contributed by atoms with E-state index in [1.165, 1.54) is 17.3 Å². The van der Waals surface area contributed by atoms with Gasteiger partial charge in [0.1, 0.15) is 11.6 Å². The van der Waals surface area contributed by atoms with E-state index in [-0.39, 0.29) is 17.3 Å². The maximum Gasteiger partial charge on any atom is 0.283 e. The van der Waals surface area contributed by atoms with Gasteiger partial charge in [0.2, 0.25) is 0 Å². The Morgan fingerprint density at radius 1 is 1.00 bits per heavy atom. The number of para-hydroxylation sites is 1. The molecule has 2 aliphatic rings. The van der Waals surface area contributed by atoms with Crippen molar-refractivity contribution in [1.29, 1.82) is 5.41 Å². The van der Waals surface area contributed by atoms with E-state index in [0.29, 0.717) is 11.8 Å². The summed E-state index contributed by atoms with van der Waals surface area (Å²) < 4.78 is 8.10. The molecule has 2 aliphatic heterocycles. The van der Waals surface area contributed by atoms with E-state index in [9.17, 15) is 4.79 Å². The molecule has 1 amide bonds. The number of benzene rings is 3. The predicted molar refractivity (Wildman–Crippen MR) is 155 cm³/mol. The van der Waals surface area contributed by atoms with Gasteiger partial charge in [0, 0.05) is 34.6 Å². The highest BCUT2D eigenvalue weighted by Gasteiger charge is 2.36.